The van der Waals surface area contributed by atoms with Gasteiger partial charge in [-0.15, -0.1) is 0 Å². The van der Waals surface area contributed by atoms with Crippen molar-refractivity contribution in [3.8, 4) is 0 Å². The minimum Gasteiger partial charge on any atom is -0.481 e. The molecule has 1 unspecified atom stereocenters. The number of hydrogen-bond donors (Lipinski definition) is 1. The third-order valence-electron chi connectivity index (χ3n) is 8.02. The van der Waals surface area contributed by atoms with E-state index in [-0.39, 0.29) is 12.4 Å². The number of hydrogen-bond acceptors (Lipinski definition) is 3. The first kappa shape index (κ1) is 38.7. The van der Waals surface area contributed by atoms with Crippen LogP contribution >= 0.6 is 0 Å². The molecule has 0 saturated heterocycles. The van der Waals surface area contributed by atoms with E-state index >= 15 is 0 Å². The molecule has 0 aliphatic heterocycles. The van der Waals surface area contributed by atoms with Crippen LogP contribution in [-0.2, 0) is 14.3 Å². The number of esters is 1. The summed E-state index contributed by atoms with van der Waals surface area (Å²) in [4.78, 5) is 23.0. The van der Waals surface area contributed by atoms with Gasteiger partial charge in [0.2, 0.25) is 0 Å². The standard InChI is InChI=1S/C36H68O4/c1-3-5-6-7-8-9-10-11-12-13-14-15-16-17-18-19-20-21-22-23-24-25-26-27-28-29-30-31-34(33-35(37)38)36(39)40-32-4-2/h25-26,34H,3-24,27-33H2,1-2H3,(H,37,38)/b26-25+. The molecule has 0 bridgehead atoms. The summed E-state index contributed by atoms with van der Waals surface area (Å²) < 4.78 is 5.15. The fourth-order valence-corrected chi connectivity index (χ4v) is 5.42. The number of carbonyl (C=O) groups is 2. The zero-order valence-corrected chi connectivity index (χ0v) is 26.9. The smallest absolute Gasteiger partial charge is 0.309 e. The summed E-state index contributed by atoms with van der Waals surface area (Å²) in [6.45, 7) is 4.61. The maximum atomic E-state index is 12.0. The van der Waals surface area contributed by atoms with Crippen LogP contribution in [0.25, 0.3) is 0 Å². The Hall–Kier alpha value is -1.32. The van der Waals surface area contributed by atoms with Crippen LogP contribution in [0.2, 0.25) is 0 Å². The highest BCUT2D eigenvalue weighted by molar-refractivity contribution is 5.79. The molecule has 236 valence electrons. The van der Waals surface area contributed by atoms with E-state index in [0.717, 1.165) is 32.1 Å². The Kier molecular flexibility index (Phi) is 31.1. The zero-order valence-electron chi connectivity index (χ0n) is 26.9. The van der Waals surface area contributed by atoms with Gasteiger partial charge in [0.15, 0.2) is 0 Å². The van der Waals surface area contributed by atoms with Gasteiger partial charge in [-0.1, -0.05) is 161 Å². The maximum Gasteiger partial charge on any atom is 0.309 e. The van der Waals surface area contributed by atoms with E-state index in [0.29, 0.717) is 13.0 Å². The lowest BCUT2D eigenvalue weighted by Gasteiger charge is -2.13. The molecule has 4 nitrogen and oxygen atoms in total. The molecule has 0 spiro atoms. The number of carbonyl (C=O) groups excluding carboxylic acids is 1. The van der Waals surface area contributed by atoms with Crippen LogP contribution in [0.15, 0.2) is 12.2 Å². The van der Waals surface area contributed by atoms with Gasteiger partial charge >= 0.3 is 11.9 Å². The molecule has 0 saturated carbocycles. The molecular formula is C36H68O4. The van der Waals surface area contributed by atoms with E-state index in [9.17, 15) is 9.59 Å². The van der Waals surface area contributed by atoms with Crippen molar-refractivity contribution in [2.24, 2.45) is 5.92 Å². The molecular weight excluding hydrogens is 496 g/mol. The third-order valence-corrected chi connectivity index (χ3v) is 8.02. The first-order valence-electron chi connectivity index (χ1n) is 17.6. The quantitative estimate of drug-likeness (QED) is 0.0501. The summed E-state index contributed by atoms with van der Waals surface area (Å²) in [6.07, 6.45) is 39.6. The predicted molar refractivity (Wildman–Crippen MR) is 172 cm³/mol. The minimum atomic E-state index is -0.925. The zero-order chi connectivity index (χ0) is 29.4. The SMILES string of the molecule is CCCCCCCCCCCCCCCCCCCCCC/C=C/CCCCCC(CC(=O)O)C(=O)OCCC. The molecule has 1 N–H and O–H groups in total. The van der Waals surface area contributed by atoms with Gasteiger partial charge in [-0.05, 0) is 38.5 Å². The van der Waals surface area contributed by atoms with Crippen molar-refractivity contribution in [3.05, 3.63) is 12.2 Å². The summed E-state index contributed by atoms with van der Waals surface area (Å²) >= 11 is 0. The van der Waals surface area contributed by atoms with Crippen LogP contribution in [0.3, 0.4) is 0 Å². The maximum absolute atomic E-state index is 12.0. The highest BCUT2D eigenvalue weighted by Crippen LogP contribution is 2.18. The molecule has 0 aliphatic carbocycles. The fraction of sp³-hybridized carbons (Fsp3) is 0.889. The molecule has 0 radical (unpaired) electrons. The van der Waals surface area contributed by atoms with Gasteiger partial charge in [0.05, 0.1) is 18.9 Å². The Morgan fingerprint density at radius 2 is 0.925 bits per heavy atom. The molecule has 0 aromatic rings. The summed E-state index contributed by atoms with van der Waals surface area (Å²) in [7, 11) is 0. The van der Waals surface area contributed by atoms with E-state index in [1.165, 1.54) is 135 Å². The van der Waals surface area contributed by atoms with Gasteiger partial charge in [-0.25, -0.2) is 0 Å². The van der Waals surface area contributed by atoms with Gasteiger partial charge in [0.25, 0.3) is 0 Å². The number of carboxylic acid groups (broad SMARTS) is 1. The Labute approximate surface area is 249 Å². The minimum absolute atomic E-state index is 0.123. The Morgan fingerprint density at radius 3 is 1.30 bits per heavy atom. The lowest BCUT2D eigenvalue weighted by atomic mass is 9.97. The fourth-order valence-electron chi connectivity index (χ4n) is 5.42. The number of ether oxygens (including phenoxy) is 1. The van der Waals surface area contributed by atoms with Gasteiger partial charge in [-0.2, -0.15) is 0 Å². The third kappa shape index (κ3) is 29.7. The molecule has 40 heavy (non-hydrogen) atoms. The average Bonchev–Trinajstić information content (AvgIpc) is 2.94. The first-order valence-corrected chi connectivity index (χ1v) is 17.6. The van der Waals surface area contributed by atoms with Crippen molar-refractivity contribution in [2.45, 2.75) is 194 Å². The molecule has 1 atom stereocenters. The largest absolute Gasteiger partial charge is 0.481 e. The molecule has 0 rings (SSSR count). The van der Waals surface area contributed by atoms with Crippen molar-refractivity contribution in [3.63, 3.8) is 0 Å². The summed E-state index contributed by atoms with van der Waals surface area (Å²) in [5, 5.41) is 9.04. The van der Waals surface area contributed by atoms with Gasteiger partial charge in [0.1, 0.15) is 0 Å². The Bertz CT molecular complexity index is 571. The molecule has 0 aromatic heterocycles. The van der Waals surface area contributed by atoms with Crippen LogP contribution in [0.1, 0.15) is 194 Å². The van der Waals surface area contributed by atoms with Crippen LogP contribution in [0.5, 0.6) is 0 Å². The van der Waals surface area contributed by atoms with Gasteiger partial charge in [-0.3, -0.25) is 9.59 Å². The summed E-state index contributed by atoms with van der Waals surface area (Å²) in [6, 6.07) is 0. The first-order chi connectivity index (χ1) is 19.6. The number of rotatable bonds is 32. The second-order valence-electron chi connectivity index (χ2n) is 12.1. The molecule has 0 fully saturated rings. The second-order valence-corrected chi connectivity index (χ2v) is 12.1. The Balaban J connectivity index is 3.36. The van der Waals surface area contributed by atoms with Crippen molar-refractivity contribution in [2.75, 3.05) is 6.61 Å². The highest BCUT2D eigenvalue weighted by atomic mass is 16.5. The van der Waals surface area contributed by atoms with E-state index in [1.54, 1.807) is 0 Å². The highest BCUT2D eigenvalue weighted by Gasteiger charge is 2.22. The van der Waals surface area contributed by atoms with E-state index in [1.807, 2.05) is 6.92 Å². The molecule has 0 heterocycles. The van der Waals surface area contributed by atoms with Crippen LogP contribution in [-0.4, -0.2) is 23.7 Å². The molecule has 0 amide bonds. The lowest BCUT2D eigenvalue weighted by molar-refractivity contribution is -0.153. The lowest BCUT2D eigenvalue weighted by Crippen LogP contribution is -2.21. The normalized spacial score (nSPS) is 12.2. The number of carboxylic acids is 1. The summed E-state index contributed by atoms with van der Waals surface area (Å²) in [5.74, 6) is -1.77. The van der Waals surface area contributed by atoms with Crippen LogP contribution < -0.4 is 0 Å². The van der Waals surface area contributed by atoms with Crippen molar-refractivity contribution < 1.29 is 19.4 Å². The monoisotopic (exact) mass is 565 g/mol. The van der Waals surface area contributed by atoms with Crippen molar-refractivity contribution in [1.82, 2.24) is 0 Å². The van der Waals surface area contributed by atoms with Gasteiger partial charge in [0, 0.05) is 0 Å². The van der Waals surface area contributed by atoms with E-state index in [2.05, 4.69) is 19.1 Å². The van der Waals surface area contributed by atoms with E-state index < -0.39 is 11.9 Å². The molecule has 0 aliphatic rings. The van der Waals surface area contributed by atoms with E-state index in [4.69, 9.17) is 9.84 Å². The van der Waals surface area contributed by atoms with Crippen molar-refractivity contribution in [1.29, 1.82) is 0 Å². The molecule has 4 heteroatoms. The molecule has 0 aromatic carbocycles. The van der Waals surface area contributed by atoms with Crippen molar-refractivity contribution >= 4 is 11.9 Å². The van der Waals surface area contributed by atoms with Crippen LogP contribution in [0, 0.1) is 5.92 Å². The second kappa shape index (κ2) is 32.2. The predicted octanol–water partition coefficient (Wildman–Crippen LogP) is 11.7. The topological polar surface area (TPSA) is 63.6 Å². The average molecular weight is 565 g/mol. The van der Waals surface area contributed by atoms with Crippen LogP contribution in [0.4, 0.5) is 0 Å². The number of allylic oxidation sites excluding steroid dienone is 2. The van der Waals surface area contributed by atoms with Gasteiger partial charge < -0.3 is 9.84 Å². The number of aliphatic carboxylic acids is 1. The summed E-state index contributed by atoms with van der Waals surface area (Å²) in [5.41, 5.74) is 0. The number of unbranched alkanes of at least 4 members (excludes halogenated alkanes) is 23. The Morgan fingerprint density at radius 1 is 0.550 bits per heavy atom.